The average molecular weight is 383 g/mol. The molecule has 1 amide bonds. The fraction of sp³-hybridized carbons (Fsp3) is 0.200. The molecule has 6 nitrogen and oxygen atoms in total. The number of nitrogens with one attached hydrogen (secondary N) is 1. The first-order valence-corrected chi connectivity index (χ1v) is 8.79. The van der Waals surface area contributed by atoms with E-state index in [9.17, 15) is 9.59 Å². The Hall–Kier alpha value is -2.99. The van der Waals surface area contributed by atoms with E-state index in [0.29, 0.717) is 10.7 Å². The lowest BCUT2D eigenvalue weighted by molar-refractivity contribution is -0.117. The maximum Gasteiger partial charge on any atom is 0.365 e. The van der Waals surface area contributed by atoms with Crippen LogP contribution in [-0.2, 0) is 11.3 Å². The van der Waals surface area contributed by atoms with Crippen LogP contribution >= 0.6 is 11.6 Å². The van der Waals surface area contributed by atoms with Gasteiger partial charge in [-0.15, -0.1) is 0 Å². The van der Waals surface area contributed by atoms with Gasteiger partial charge in [-0.05, 0) is 44.0 Å². The van der Waals surface area contributed by atoms with Gasteiger partial charge in [0.15, 0.2) is 0 Å². The molecule has 0 atom stereocenters. The molecule has 2 aromatic carbocycles. The third kappa shape index (κ3) is 4.41. The number of halogens is 1. The van der Waals surface area contributed by atoms with Crippen LogP contribution in [0.15, 0.2) is 47.4 Å². The van der Waals surface area contributed by atoms with Crippen molar-refractivity contribution < 1.29 is 4.79 Å². The number of rotatable bonds is 4. The van der Waals surface area contributed by atoms with E-state index in [1.807, 2.05) is 32.9 Å². The van der Waals surface area contributed by atoms with Gasteiger partial charge in [0.25, 0.3) is 0 Å². The van der Waals surface area contributed by atoms with Crippen molar-refractivity contribution in [2.75, 3.05) is 5.32 Å². The van der Waals surface area contributed by atoms with Crippen LogP contribution in [0.1, 0.15) is 16.7 Å². The minimum Gasteiger partial charge on any atom is -0.324 e. The first kappa shape index (κ1) is 18.8. The molecule has 0 unspecified atom stereocenters. The van der Waals surface area contributed by atoms with Crippen LogP contribution in [-0.4, -0.2) is 20.7 Å². The number of hydrogen-bond acceptors (Lipinski definition) is 4. The number of nitrogens with zero attached hydrogens (tertiary/aromatic N) is 3. The highest BCUT2D eigenvalue weighted by molar-refractivity contribution is 6.30. The van der Waals surface area contributed by atoms with E-state index in [-0.39, 0.29) is 12.5 Å². The Balaban J connectivity index is 1.77. The van der Waals surface area contributed by atoms with Gasteiger partial charge in [0.05, 0.1) is 11.9 Å². The average Bonchev–Trinajstić information content (AvgIpc) is 2.60. The summed E-state index contributed by atoms with van der Waals surface area (Å²) in [7, 11) is 0. The van der Waals surface area contributed by atoms with Crippen molar-refractivity contribution in [3.05, 3.63) is 74.8 Å². The Morgan fingerprint density at radius 2 is 1.74 bits per heavy atom. The molecule has 0 radical (unpaired) electrons. The van der Waals surface area contributed by atoms with Gasteiger partial charge in [-0.3, -0.25) is 4.79 Å². The first-order chi connectivity index (χ1) is 12.8. The van der Waals surface area contributed by atoms with E-state index in [4.69, 9.17) is 11.6 Å². The largest absolute Gasteiger partial charge is 0.365 e. The lowest BCUT2D eigenvalue weighted by Gasteiger charge is -2.13. The SMILES string of the molecule is Cc1cc(C)c(NC(=O)Cn2ncc(-c3ccc(Cl)cc3)nc2=O)c(C)c1. The number of carbonyl (C=O) groups is 1. The summed E-state index contributed by atoms with van der Waals surface area (Å²) >= 11 is 5.86. The highest BCUT2D eigenvalue weighted by atomic mass is 35.5. The van der Waals surface area contributed by atoms with E-state index in [1.165, 1.54) is 6.20 Å². The van der Waals surface area contributed by atoms with Gasteiger partial charge in [-0.25, -0.2) is 9.48 Å². The van der Waals surface area contributed by atoms with Crippen molar-refractivity contribution in [2.24, 2.45) is 0 Å². The first-order valence-electron chi connectivity index (χ1n) is 8.41. The molecule has 0 fully saturated rings. The van der Waals surface area contributed by atoms with E-state index >= 15 is 0 Å². The van der Waals surface area contributed by atoms with Gasteiger partial charge in [0, 0.05) is 16.3 Å². The molecule has 1 heterocycles. The molecule has 1 N–H and O–H groups in total. The van der Waals surface area contributed by atoms with Crippen molar-refractivity contribution in [3.8, 4) is 11.3 Å². The van der Waals surface area contributed by atoms with E-state index < -0.39 is 5.69 Å². The molecule has 0 bridgehead atoms. The minimum atomic E-state index is -0.588. The van der Waals surface area contributed by atoms with Gasteiger partial charge >= 0.3 is 5.69 Å². The summed E-state index contributed by atoms with van der Waals surface area (Å²) in [5, 5.41) is 7.51. The highest BCUT2D eigenvalue weighted by Gasteiger charge is 2.12. The topological polar surface area (TPSA) is 76.9 Å². The fourth-order valence-electron chi connectivity index (χ4n) is 2.92. The minimum absolute atomic E-state index is 0.209. The predicted molar refractivity (Wildman–Crippen MR) is 106 cm³/mol. The Kier molecular flexibility index (Phi) is 5.37. The van der Waals surface area contributed by atoms with Crippen molar-refractivity contribution in [2.45, 2.75) is 27.3 Å². The van der Waals surface area contributed by atoms with Crippen LogP contribution < -0.4 is 11.0 Å². The molecule has 0 aliphatic rings. The van der Waals surface area contributed by atoms with Crippen LogP contribution in [0.5, 0.6) is 0 Å². The van der Waals surface area contributed by atoms with Gasteiger partial charge < -0.3 is 5.32 Å². The molecule has 0 aliphatic heterocycles. The Bertz CT molecular complexity index is 1040. The maximum atomic E-state index is 12.4. The summed E-state index contributed by atoms with van der Waals surface area (Å²) in [6.45, 7) is 5.66. The molecule has 138 valence electrons. The molecule has 1 aromatic heterocycles. The molecule has 27 heavy (non-hydrogen) atoms. The number of amides is 1. The molecule has 0 saturated heterocycles. The predicted octanol–water partition coefficient (Wildman–Crippen LogP) is 3.52. The van der Waals surface area contributed by atoms with E-state index in [0.717, 1.165) is 32.6 Å². The molecule has 7 heteroatoms. The summed E-state index contributed by atoms with van der Waals surface area (Å²) < 4.78 is 1.04. The van der Waals surface area contributed by atoms with Crippen molar-refractivity contribution in [3.63, 3.8) is 0 Å². The second-order valence-electron chi connectivity index (χ2n) is 6.41. The molecule has 0 spiro atoms. The Labute approximate surface area is 161 Å². The van der Waals surface area contributed by atoms with Gasteiger partial charge in [-0.1, -0.05) is 41.4 Å². The van der Waals surface area contributed by atoms with Crippen molar-refractivity contribution >= 4 is 23.2 Å². The number of benzene rings is 2. The lowest BCUT2D eigenvalue weighted by Crippen LogP contribution is -2.31. The highest BCUT2D eigenvalue weighted by Crippen LogP contribution is 2.22. The van der Waals surface area contributed by atoms with E-state index in [1.54, 1.807) is 24.3 Å². The smallest absolute Gasteiger partial charge is 0.324 e. The summed E-state index contributed by atoms with van der Waals surface area (Å²) in [5.74, 6) is -0.333. The Morgan fingerprint density at radius 3 is 2.33 bits per heavy atom. The molecule has 0 saturated carbocycles. The molecule has 0 aliphatic carbocycles. The molecule has 3 rings (SSSR count). The zero-order valence-corrected chi connectivity index (χ0v) is 16.0. The third-order valence-electron chi connectivity index (χ3n) is 4.13. The van der Waals surface area contributed by atoms with E-state index in [2.05, 4.69) is 15.4 Å². The zero-order valence-electron chi connectivity index (χ0n) is 15.3. The summed E-state index contributed by atoms with van der Waals surface area (Å²) in [6.07, 6.45) is 1.46. The molecular formula is C20H19ClN4O2. The van der Waals surface area contributed by atoms with Gasteiger partial charge in [0.1, 0.15) is 6.54 Å². The number of aromatic nitrogens is 3. The fourth-order valence-corrected chi connectivity index (χ4v) is 3.05. The third-order valence-corrected chi connectivity index (χ3v) is 4.38. The summed E-state index contributed by atoms with van der Waals surface area (Å²) in [5.41, 5.74) is 4.39. The number of aryl methyl sites for hydroxylation is 3. The zero-order chi connectivity index (χ0) is 19.6. The summed E-state index contributed by atoms with van der Waals surface area (Å²) in [4.78, 5) is 28.6. The van der Waals surface area contributed by atoms with Crippen molar-refractivity contribution in [1.29, 1.82) is 0 Å². The Morgan fingerprint density at radius 1 is 1.11 bits per heavy atom. The van der Waals surface area contributed by atoms with Crippen molar-refractivity contribution in [1.82, 2.24) is 14.8 Å². The maximum absolute atomic E-state index is 12.4. The van der Waals surface area contributed by atoms with Crippen LogP contribution in [0.2, 0.25) is 5.02 Å². The number of hydrogen-bond donors (Lipinski definition) is 1. The normalized spacial score (nSPS) is 10.7. The molecule has 3 aromatic rings. The number of anilines is 1. The quantitative estimate of drug-likeness (QED) is 0.748. The molecular weight excluding hydrogens is 364 g/mol. The van der Waals surface area contributed by atoms with Crippen LogP contribution in [0.25, 0.3) is 11.3 Å². The standard InChI is InChI=1S/C20H19ClN4O2/c1-12-8-13(2)19(14(3)9-12)24-18(26)11-25-20(27)23-17(10-22-25)15-4-6-16(21)7-5-15/h4-10H,11H2,1-3H3,(H,24,26). The lowest BCUT2D eigenvalue weighted by atomic mass is 10.1. The van der Waals surface area contributed by atoms with Crippen LogP contribution in [0.4, 0.5) is 5.69 Å². The second kappa shape index (κ2) is 7.72. The van der Waals surface area contributed by atoms with Gasteiger partial charge in [-0.2, -0.15) is 10.1 Å². The second-order valence-corrected chi connectivity index (χ2v) is 6.85. The van der Waals surface area contributed by atoms with Crippen LogP contribution in [0, 0.1) is 20.8 Å². The van der Waals surface area contributed by atoms with Crippen LogP contribution in [0.3, 0.4) is 0 Å². The number of carbonyl (C=O) groups excluding carboxylic acids is 1. The van der Waals surface area contributed by atoms with Gasteiger partial charge in [0.2, 0.25) is 5.91 Å². The summed E-state index contributed by atoms with van der Waals surface area (Å²) in [6, 6.07) is 10.9. The monoisotopic (exact) mass is 382 g/mol.